The minimum Gasteiger partial charge on any atom is -0.515 e. The summed E-state index contributed by atoms with van der Waals surface area (Å²) in [6.45, 7) is 3.93. The normalized spacial score (nSPS) is 18.1. The van der Waals surface area contributed by atoms with E-state index in [1.165, 1.54) is 25.2 Å². The van der Waals surface area contributed by atoms with E-state index in [0.29, 0.717) is 17.2 Å². The van der Waals surface area contributed by atoms with Gasteiger partial charge in [0.15, 0.2) is 17.3 Å². The van der Waals surface area contributed by atoms with Gasteiger partial charge in [0.1, 0.15) is 0 Å². The highest BCUT2D eigenvalue weighted by Crippen LogP contribution is 2.41. The molecule has 0 aliphatic carbocycles. The molecule has 0 spiro atoms. The summed E-state index contributed by atoms with van der Waals surface area (Å²) < 4.78 is 15.8. The van der Waals surface area contributed by atoms with Crippen molar-refractivity contribution in [3.05, 3.63) is 29.5 Å². The third-order valence-corrected chi connectivity index (χ3v) is 4.16. The maximum atomic E-state index is 12.7. The molecule has 1 aliphatic rings. The number of carbonyl (C=O) groups excluding carboxylic acids is 2. The summed E-state index contributed by atoms with van der Waals surface area (Å²) in [6.07, 6.45) is 1.79. The molecule has 2 rings (SSSR count). The van der Waals surface area contributed by atoms with Crippen LogP contribution in [0.15, 0.2) is 24.0 Å². The number of ketones is 1. The molecule has 1 amide bonds. The highest BCUT2D eigenvalue weighted by molar-refractivity contribution is 6.18. The lowest BCUT2D eigenvalue weighted by Crippen LogP contribution is -2.46. The van der Waals surface area contributed by atoms with Crippen LogP contribution >= 0.6 is 0 Å². The van der Waals surface area contributed by atoms with Crippen LogP contribution in [-0.2, 0) is 4.74 Å². The number of unbranched alkanes of at least 4 members (excludes halogenated alkanes) is 1. The summed E-state index contributed by atoms with van der Waals surface area (Å²) in [5, 5.41) is 9.48. The number of methoxy groups -OCH3 is 2. The fourth-order valence-corrected chi connectivity index (χ4v) is 2.74. The number of nitrogens with zero attached hydrogens (tertiary/aromatic N) is 1. The number of carbonyl (C=O) groups is 2. The molecule has 1 atom stereocenters. The van der Waals surface area contributed by atoms with Crippen LogP contribution < -0.4 is 14.4 Å². The van der Waals surface area contributed by atoms with Gasteiger partial charge in [-0.05, 0) is 19.4 Å². The maximum Gasteiger partial charge on any atom is 0.414 e. The van der Waals surface area contributed by atoms with Gasteiger partial charge in [-0.25, -0.2) is 4.79 Å². The van der Waals surface area contributed by atoms with Crippen LogP contribution in [0, 0.1) is 0 Å². The number of aliphatic hydroxyl groups is 1. The number of anilines is 1. The van der Waals surface area contributed by atoms with Gasteiger partial charge in [0.05, 0.1) is 50.0 Å². The summed E-state index contributed by atoms with van der Waals surface area (Å²) in [4.78, 5) is 26.6. The summed E-state index contributed by atoms with van der Waals surface area (Å²) in [7, 11) is 2.93. The minimum atomic E-state index is -0.669. The van der Waals surface area contributed by atoms with Gasteiger partial charge in [0, 0.05) is 6.07 Å². The lowest BCUT2D eigenvalue weighted by Gasteiger charge is -2.35. The van der Waals surface area contributed by atoms with Gasteiger partial charge >= 0.3 is 6.09 Å². The Morgan fingerprint density at radius 2 is 1.92 bits per heavy atom. The molecule has 1 aromatic carbocycles. The van der Waals surface area contributed by atoms with E-state index in [4.69, 9.17) is 14.2 Å². The van der Waals surface area contributed by atoms with Crippen molar-refractivity contribution in [1.82, 2.24) is 0 Å². The number of rotatable bonds is 5. The summed E-state index contributed by atoms with van der Waals surface area (Å²) >= 11 is 0. The van der Waals surface area contributed by atoms with Crippen molar-refractivity contribution < 1.29 is 28.9 Å². The molecule has 0 radical (unpaired) electrons. The molecule has 1 N–H and O–H groups in total. The number of aliphatic hydroxyl groups excluding tert-OH is 1. The smallest absolute Gasteiger partial charge is 0.414 e. The molecule has 25 heavy (non-hydrogen) atoms. The molecule has 0 saturated carbocycles. The van der Waals surface area contributed by atoms with E-state index >= 15 is 0 Å². The van der Waals surface area contributed by atoms with E-state index in [-0.39, 0.29) is 23.5 Å². The molecule has 0 fully saturated rings. The standard InChI is InChI=1S/C18H23NO6/c1-5-6-7-25-18(22)19-11(2)13(10-20)17(21)12-8-15(23-3)16(24-4)9-14(12)19/h8-11,20H,5-7H2,1-4H3. The molecule has 1 heterocycles. The predicted octanol–water partition coefficient (Wildman–Crippen LogP) is 3.47. The van der Waals surface area contributed by atoms with Crippen LogP contribution in [0.25, 0.3) is 0 Å². The molecule has 1 unspecified atom stereocenters. The van der Waals surface area contributed by atoms with Crippen molar-refractivity contribution in [2.24, 2.45) is 0 Å². The molecular formula is C18H23NO6. The topological polar surface area (TPSA) is 85.3 Å². The Labute approximate surface area is 146 Å². The molecule has 7 nitrogen and oxygen atoms in total. The van der Waals surface area contributed by atoms with Gasteiger partial charge in [0.2, 0.25) is 0 Å². The van der Waals surface area contributed by atoms with E-state index in [9.17, 15) is 14.7 Å². The third-order valence-electron chi connectivity index (χ3n) is 4.16. The number of ether oxygens (including phenoxy) is 3. The number of hydrogen-bond donors (Lipinski definition) is 1. The van der Waals surface area contributed by atoms with Crippen molar-refractivity contribution >= 4 is 17.6 Å². The summed E-state index contributed by atoms with van der Waals surface area (Å²) in [5.74, 6) is 0.383. The lowest BCUT2D eigenvalue weighted by atomic mass is 9.91. The van der Waals surface area contributed by atoms with Gasteiger partial charge < -0.3 is 19.3 Å². The number of benzene rings is 1. The van der Waals surface area contributed by atoms with Gasteiger partial charge in [-0.15, -0.1) is 0 Å². The SMILES string of the molecule is CCCCOC(=O)N1c2cc(OC)c(OC)cc2C(=O)C(=CO)C1C. The van der Waals surface area contributed by atoms with E-state index in [1.807, 2.05) is 6.92 Å². The summed E-state index contributed by atoms with van der Waals surface area (Å²) in [6, 6.07) is 2.40. The zero-order chi connectivity index (χ0) is 18.6. The average molecular weight is 349 g/mol. The van der Waals surface area contributed by atoms with E-state index in [1.54, 1.807) is 13.0 Å². The number of hydrogen-bond acceptors (Lipinski definition) is 6. The first-order valence-corrected chi connectivity index (χ1v) is 8.11. The average Bonchev–Trinajstić information content (AvgIpc) is 2.61. The Morgan fingerprint density at radius 1 is 1.28 bits per heavy atom. The second kappa shape index (κ2) is 7.92. The second-order valence-corrected chi connectivity index (χ2v) is 5.65. The van der Waals surface area contributed by atoms with Crippen LogP contribution in [0.2, 0.25) is 0 Å². The molecule has 1 aliphatic heterocycles. The predicted molar refractivity (Wildman–Crippen MR) is 92.8 cm³/mol. The fourth-order valence-electron chi connectivity index (χ4n) is 2.74. The quantitative estimate of drug-likeness (QED) is 0.498. The Bertz CT molecular complexity index is 697. The summed E-state index contributed by atoms with van der Waals surface area (Å²) in [5.41, 5.74) is 0.706. The van der Waals surface area contributed by atoms with Crippen molar-refractivity contribution in [3.8, 4) is 11.5 Å². The molecule has 136 valence electrons. The van der Waals surface area contributed by atoms with Gasteiger partial charge in [-0.2, -0.15) is 0 Å². The van der Waals surface area contributed by atoms with Crippen LogP contribution in [0.5, 0.6) is 11.5 Å². The highest BCUT2D eigenvalue weighted by Gasteiger charge is 2.39. The molecular weight excluding hydrogens is 326 g/mol. The van der Waals surface area contributed by atoms with Crippen molar-refractivity contribution in [3.63, 3.8) is 0 Å². The van der Waals surface area contributed by atoms with Gasteiger partial charge in [-0.1, -0.05) is 13.3 Å². The second-order valence-electron chi connectivity index (χ2n) is 5.65. The fraction of sp³-hybridized carbons (Fsp3) is 0.444. The molecule has 7 heteroatoms. The Morgan fingerprint density at radius 3 is 2.48 bits per heavy atom. The first-order valence-electron chi connectivity index (χ1n) is 8.11. The van der Waals surface area contributed by atoms with E-state index in [0.717, 1.165) is 19.1 Å². The van der Waals surface area contributed by atoms with Crippen LogP contribution in [-0.4, -0.2) is 43.9 Å². The number of fused-ring (bicyclic) bond motifs is 1. The van der Waals surface area contributed by atoms with Crippen LogP contribution in [0.4, 0.5) is 10.5 Å². The van der Waals surface area contributed by atoms with E-state index in [2.05, 4.69) is 0 Å². The molecule has 0 aromatic heterocycles. The number of amides is 1. The monoisotopic (exact) mass is 349 g/mol. The largest absolute Gasteiger partial charge is 0.515 e. The van der Waals surface area contributed by atoms with Crippen molar-refractivity contribution in [2.75, 3.05) is 25.7 Å². The number of Topliss-reactive ketones (excluding diaryl/α,β-unsaturated/α-hetero) is 1. The van der Waals surface area contributed by atoms with E-state index < -0.39 is 12.1 Å². The first-order chi connectivity index (χ1) is 12.0. The van der Waals surface area contributed by atoms with Crippen LogP contribution in [0.1, 0.15) is 37.0 Å². The lowest BCUT2D eigenvalue weighted by molar-refractivity contribution is 0.101. The van der Waals surface area contributed by atoms with Gasteiger partial charge in [0.25, 0.3) is 0 Å². The molecule has 1 aromatic rings. The van der Waals surface area contributed by atoms with Crippen molar-refractivity contribution in [1.29, 1.82) is 0 Å². The van der Waals surface area contributed by atoms with Gasteiger partial charge in [-0.3, -0.25) is 9.69 Å². The Kier molecular flexibility index (Phi) is 5.90. The van der Waals surface area contributed by atoms with Crippen molar-refractivity contribution in [2.45, 2.75) is 32.7 Å². The Balaban J connectivity index is 2.54. The zero-order valence-corrected chi connectivity index (χ0v) is 14.9. The zero-order valence-electron chi connectivity index (χ0n) is 14.9. The molecule has 0 saturated heterocycles. The first kappa shape index (κ1) is 18.6. The minimum absolute atomic E-state index is 0.104. The third kappa shape index (κ3) is 3.40. The highest BCUT2D eigenvalue weighted by atomic mass is 16.6. The Hall–Kier alpha value is -2.70. The van der Waals surface area contributed by atoms with Crippen LogP contribution in [0.3, 0.4) is 0 Å². The molecule has 0 bridgehead atoms. The maximum absolute atomic E-state index is 12.7.